The van der Waals surface area contributed by atoms with Crippen LogP contribution in [0.2, 0.25) is 0 Å². The Kier molecular flexibility index (Phi) is 2.97. The van der Waals surface area contributed by atoms with Gasteiger partial charge in [0.25, 0.3) is 0 Å². The second kappa shape index (κ2) is 4.42. The fourth-order valence-corrected chi connectivity index (χ4v) is 2.06. The maximum atomic E-state index is 10.8. The molecule has 0 saturated heterocycles. The summed E-state index contributed by atoms with van der Waals surface area (Å²) in [5, 5.41) is 12.7. The molecular formula is C11H11N3O2S. The molecule has 0 aliphatic carbocycles. The molecule has 0 radical (unpaired) electrons. The number of nitrogens with two attached hydrogens (primary N) is 1. The first-order chi connectivity index (χ1) is 8.06. The monoisotopic (exact) mass is 249 g/mol. The highest BCUT2D eigenvalue weighted by Gasteiger charge is 2.08. The van der Waals surface area contributed by atoms with E-state index in [0.717, 1.165) is 15.7 Å². The fourth-order valence-electron chi connectivity index (χ4n) is 1.37. The number of benzene rings is 1. The van der Waals surface area contributed by atoms with E-state index in [9.17, 15) is 4.79 Å². The summed E-state index contributed by atoms with van der Waals surface area (Å²) in [4.78, 5) is 16.0. The van der Waals surface area contributed by atoms with Crippen LogP contribution in [0.5, 0.6) is 0 Å². The molecule has 0 fully saturated rings. The number of nitrogen functional groups attached to an aromatic ring is 1. The Morgan fingerprint density at radius 1 is 1.53 bits per heavy atom. The van der Waals surface area contributed by atoms with Gasteiger partial charge in [0.05, 0.1) is 5.56 Å². The predicted octanol–water partition coefficient (Wildman–Crippen LogP) is 2.48. The summed E-state index contributed by atoms with van der Waals surface area (Å²) in [6.45, 7) is 1.96. The largest absolute Gasteiger partial charge is 0.478 e. The molecule has 17 heavy (non-hydrogen) atoms. The van der Waals surface area contributed by atoms with Crippen LogP contribution in [-0.2, 0) is 0 Å². The zero-order chi connectivity index (χ0) is 12.4. The second-order valence-corrected chi connectivity index (χ2v) is 4.74. The lowest BCUT2D eigenvalue weighted by Crippen LogP contribution is -2.02. The van der Waals surface area contributed by atoms with Gasteiger partial charge in [0.15, 0.2) is 5.13 Å². The number of aromatic nitrogens is 1. The number of rotatable bonds is 3. The van der Waals surface area contributed by atoms with E-state index in [-0.39, 0.29) is 11.3 Å². The Bertz CT molecular complexity index is 566. The van der Waals surface area contributed by atoms with Crippen molar-refractivity contribution in [1.29, 1.82) is 0 Å². The minimum Gasteiger partial charge on any atom is -0.478 e. The van der Waals surface area contributed by atoms with Crippen molar-refractivity contribution in [3.8, 4) is 0 Å². The Hall–Kier alpha value is -2.08. The molecule has 0 saturated carbocycles. The SMILES string of the molecule is Cc1cnc(Nc2ccc(C(=O)O)c(N)c2)s1. The van der Waals surface area contributed by atoms with Crippen LogP contribution in [0, 0.1) is 6.92 Å². The van der Waals surface area contributed by atoms with Gasteiger partial charge in [-0.2, -0.15) is 0 Å². The average Bonchev–Trinajstić information content (AvgIpc) is 2.63. The zero-order valence-corrected chi connectivity index (χ0v) is 9.91. The Balaban J connectivity index is 2.23. The maximum Gasteiger partial charge on any atom is 0.337 e. The van der Waals surface area contributed by atoms with Crippen molar-refractivity contribution in [3.05, 3.63) is 34.8 Å². The third kappa shape index (κ3) is 2.54. The summed E-state index contributed by atoms with van der Waals surface area (Å²) in [6.07, 6.45) is 1.77. The predicted molar refractivity (Wildman–Crippen MR) is 67.9 cm³/mol. The van der Waals surface area contributed by atoms with Crippen LogP contribution < -0.4 is 11.1 Å². The van der Waals surface area contributed by atoms with Crippen molar-refractivity contribution in [2.45, 2.75) is 6.92 Å². The average molecular weight is 249 g/mol. The van der Waals surface area contributed by atoms with Crippen LogP contribution in [0.1, 0.15) is 15.2 Å². The normalized spacial score (nSPS) is 10.2. The molecule has 2 rings (SSSR count). The quantitative estimate of drug-likeness (QED) is 0.727. The lowest BCUT2D eigenvalue weighted by Gasteiger charge is -2.05. The van der Waals surface area contributed by atoms with Gasteiger partial charge in [-0.25, -0.2) is 9.78 Å². The number of thiazole rings is 1. The zero-order valence-electron chi connectivity index (χ0n) is 9.10. The van der Waals surface area contributed by atoms with Gasteiger partial charge in [-0.15, -0.1) is 11.3 Å². The molecule has 1 heterocycles. The minimum absolute atomic E-state index is 0.103. The van der Waals surface area contributed by atoms with Crippen molar-refractivity contribution in [2.75, 3.05) is 11.1 Å². The van der Waals surface area contributed by atoms with Crippen LogP contribution in [0.3, 0.4) is 0 Å². The molecule has 1 aromatic carbocycles. The molecule has 6 heteroatoms. The Labute approximate surface area is 102 Å². The van der Waals surface area contributed by atoms with E-state index in [4.69, 9.17) is 10.8 Å². The van der Waals surface area contributed by atoms with Crippen LogP contribution in [-0.4, -0.2) is 16.1 Å². The summed E-state index contributed by atoms with van der Waals surface area (Å²) in [5.41, 5.74) is 6.70. The smallest absolute Gasteiger partial charge is 0.337 e. The van der Waals surface area contributed by atoms with Crippen molar-refractivity contribution in [2.24, 2.45) is 0 Å². The number of anilines is 3. The van der Waals surface area contributed by atoms with Crippen LogP contribution >= 0.6 is 11.3 Å². The van der Waals surface area contributed by atoms with E-state index in [1.165, 1.54) is 17.4 Å². The molecule has 0 atom stereocenters. The lowest BCUT2D eigenvalue weighted by atomic mass is 10.1. The number of hydrogen-bond acceptors (Lipinski definition) is 5. The van der Waals surface area contributed by atoms with Crippen molar-refractivity contribution < 1.29 is 9.90 Å². The fraction of sp³-hybridized carbons (Fsp3) is 0.0909. The number of aryl methyl sites for hydroxylation is 1. The number of carboxylic acid groups (broad SMARTS) is 1. The first-order valence-electron chi connectivity index (χ1n) is 4.88. The van der Waals surface area contributed by atoms with Crippen LogP contribution in [0.25, 0.3) is 0 Å². The van der Waals surface area contributed by atoms with Gasteiger partial charge in [0, 0.05) is 22.4 Å². The van der Waals surface area contributed by atoms with Gasteiger partial charge in [0.2, 0.25) is 0 Å². The van der Waals surface area contributed by atoms with Crippen molar-refractivity contribution in [3.63, 3.8) is 0 Å². The number of carboxylic acids is 1. The lowest BCUT2D eigenvalue weighted by molar-refractivity contribution is 0.0698. The molecule has 4 N–H and O–H groups in total. The molecule has 0 spiro atoms. The molecule has 2 aromatic rings. The maximum absolute atomic E-state index is 10.8. The standard InChI is InChI=1S/C11H11N3O2S/c1-6-5-13-11(17-6)14-7-2-3-8(10(15)16)9(12)4-7/h2-5H,12H2,1H3,(H,13,14)(H,15,16). The molecule has 5 nitrogen and oxygen atoms in total. The summed E-state index contributed by atoms with van der Waals surface area (Å²) in [5.74, 6) is -1.03. The van der Waals surface area contributed by atoms with E-state index in [1.54, 1.807) is 18.3 Å². The first-order valence-corrected chi connectivity index (χ1v) is 5.70. The highest BCUT2D eigenvalue weighted by Crippen LogP contribution is 2.24. The van der Waals surface area contributed by atoms with Crippen LogP contribution in [0.4, 0.5) is 16.5 Å². The van der Waals surface area contributed by atoms with Gasteiger partial charge in [-0.1, -0.05) is 0 Å². The molecule has 0 aliphatic rings. The van der Waals surface area contributed by atoms with Crippen LogP contribution in [0.15, 0.2) is 24.4 Å². The van der Waals surface area contributed by atoms with E-state index < -0.39 is 5.97 Å². The van der Waals surface area contributed by atoms with Gasteiger partial charge < -0.3 is 16.2 Å². The van der Waals surface area contributed by atoms with Gasteiger partial charge in [-0.05, 0) is 25.1 Å². The summed E-state index contributed by atoms with van der Waals surface area (Å²) in [7, 11) is 0. The summed E-state index contributed by atoms with van der Waals surface area (Å²) >= 11 is 1.52. The Morgan fingerprint density at radius 2 is 2.29 bits per heavy atom. The minimum atomic E-state index is -1.03. The third-order valence-electron chi connectivity index (χ3n) is 2.15. The summed E-state index contributed by atoms with van der Waals surface area (Å²) in [6, 6.07) is 4.72. The van der Waals surface area contributed by atoms with Crippen molar-refractivity contribution in [1.82, 2.24) is 4.98 Å². The molecule has 0 amide bonds. The molecular weight excluding hydrogens is 238 g/mol. The second-order valence-electron chi connectivity index (χ2n) is 3.51. The molecule has 0 unspecified atom stereocenters. The number of nitrogens with zero attached hydrogens (tertiary/aromatic N) is 1. The van der Waals surface area contributed by atoms with Crippen molar-refractivity contribution >= 4 is 33.8 Å². The highest BCUT2D eigenvalue weighted by molar-refractivity contribution is 7.15. The number of nitrogens with one attached hydrogen (secondary N) is 1. The molecule has 0 aliphatic heterocycles. The van der Waals surface area contributed by atoms with E-state index in [2.05, 4.69) is 10.3 Å². The van der Waals surface area contributed by atoms with Gasteiger partial charge in [-0.3, -0.25) is 0 Å². The number of aromatic carboxylic acids is 1. The first kappa shape index (κ1) is 11.4. The van der Waals surface area contributed by atoms with E-state index >= 15 is 0 Å². The number of hydrogen-bond donors (Lipinski definition) is 3. The third-order valence-corrected chi connectivity index (χ3v) is 2.98. The topological polar surface area (TPSA) is 88.2 Å². The molecule has 0 bridgehead atoms. The molecule has 1 aromatic heterocycles. The molecule has 88 valence electrons. The Morgan fingerprint density at radius 3 is 2.82 bits per heavy atom. The van der Waals surface area contributed by atoms with E-state index in [1.807, 2.05) is 6.92 Å². The number of carbonyl (C=O) groups is 1. The van der Waals surface area contributed by atoms with Gasteiger partial charge in [0.1, 0.15) is 0 Å². The van der Waals surface area contributed by atoms with E-state index in [0.29, 0.717) is 0 Å². The van der Waals surface area contributed by atoms with Gasteiger partial charge >= 0.3 is 5.97 Å². The summed E-state index contributed by atoms with van der Waals surface area (Å²) < 4.78 is 0. The highest BCUT2D eigenvalue weighted by atomic mass is 32.1.